The van der Waals surface area contributed by atoms with Crippen molar-refractivity contribution in [2.45, 2.75) is 44.6 Å². The summed E-state index contributed by atoms with van der Waals surface area (Å²) in [6.07, 6.45) is 9.52. The second-order valence-electron chi connectivity index (χ2n) is 5.59. The predicted octanol–water partition coefficient (Wildman–Crippen LogP) is 1.96. The fourth-order valence-corrected chi connectivity index (χ4v) is 2.97. The van der Waals surface area contributed by atoms with Crippen LogP contribution in [-0.2, 0) is 11.2 Å². The molecule has 0 saturated heterocycles. The average molecular weight is 264 g/mol. The number of hydrogen-bond donors (Lipinski definition) is 2. The summed E-state index contributed by atoms with van der Waals surface area (Å²) in [6.45, 7) is 0.289. The van der Waals surface area contributed by atoms with E-state index in [9.17, 15) is 4.79 Å². The summed E-state index contributed by atoms with van der Waals surface area (Å²) < 4.78 is 0. The Morgan fingerprint density at radius 2 is 2.16 bits per heavy atom. The molecule has 0 unspecified atom stereocenters. The molecule has 19 heavy (non-hydrogen) atoms. The number of aliphatic hydroxyl groups is 1. The lowest BCUT2D eigenvalue weighted by molar-refractivity contribution is -0.132. The number of hydrogen-bond acceptors (Lipinski definition) is 2. The van der Waals surface area contributed by atoms with Gasteiger partial charge in [0, 0.05) is 32.1 Å². The number of rotatable bonds is 5. The highest BCUT2D eigenvalue weighted by Gasteiger charge is 2.26. The fraction of sp³-hybridized carbons (Fsp3) is 0.667. The maximum atomic E-state index is 12.2. The Balaban J connectivity index is 1.80. The third-order valence-corrected chi connectivity index (χ3v) is 4.31. The quantitative estimate of drug-likeness (QED) is 0.854. The van der Waals surface area contributed by atoms with Crippen LogP contribution in [0.25, 0.3) is 0 Å². The van der Waals surface area contributed by atoms with Crippen LogP contribution in [0.15, 0.2) is 18.5 Å². The molecule has 0 spiro atoms. The SMILES string of the molecule is CN(C(=O)Cc1cc[nH]c1)C1CCC(CCO)CC1. The summed E-state index contributed by atoms with van der Waals surface area (Å²) in [5.74, 6) is 0.847. The smallest absolute Gasteiger partial charge is 0.227 e. The normalized spacial score (nSPS) is 23.3. The molecular weight excluding hydrogens is 240 g/mol. The minimum Gasteiger partial charge on any atom is -0.396 e. The maximum Gasteiger partial charge on any atom is 0.227 e. The van der Waals surface area contributed by atoms with Gasteiger partial charge in [-0.3, -0.25) is 4.79 Å². The molecule has 1 heterocycles. The van der Waals surface area contributed by atoms with Gasteiger partial charge in [-0.15, -0.1) is 0 Å². The molecule has 1 aromatic heterocycles. The topological polar surface area (TPSA) is 56.3 Å². The highest BCUT2D eigenvalue weighted by Crippen LogP contribution is 2.29. The molecule has 1 amide bonds. The molecule has 1 aromatic rings. The Morgan fingerprint density at radius 3 is 2.74 bits per heavy atom. The van der Waals surface area contributed by atoms with E-state index in [1.807, 2.05) is 30.4 Å². The van der Waals surface area contributed by atoms with Gasteiger partial charge in [-0.2, -0.15) is 0 Å². The number of likely N-dealkylation sites (N-methyl/N-ethyl adjacent to an activating group) is 1. The highest BCUT2D eigenvalue weighted by atomic mass is 16.3. The second-order valence-corrected chi connectivity index (χ2v) is 5.59. The van der Waals surface area contributed by atoms with Crippen molar-refractivity contribution in [3.8, 4) is 0 Å². The van der Waals surface area contributed by atoms with Crippen LogP contribution in [0.4, 0.5) is 0 Å². The van der Waals surface area contributed by atoms with E-state index in [-0.39, 0.29) is 12.5 Å². The van der Waals surface area contributed by atoms with Crippen molar-refractivity contribution in [3.05, 3.63) is 24.0 Å². The number of aromatic nitrogens is 1. The first-order valence-corrected chi connectivity index (χ1v) is 7.19. The Labute approximate surface area is 114 Å². The van der Waals surface area contributed by atoms with Crippen molar-refractivity contribution in [3.63, 3.8) is 0 Å². The van der Waals surface area contributed by atoms with Crippen LogP contribution >= 0.6 is 0 Å². The maximum absolute atomic E-state index is 12.2. The molecule has 4 heteroatoms. The average Bonchev–Trinajstić information content (AvgIpc) is 2.92. The first kappa shape index (κ1) is 14.1. The molecule has 0 aromatic carbocycles. The van der Waals surface area contributed by atoms with Gasteiger partial charge in [-0.1, -0.05) is 0 Å². The number of H-pyrrole nitrogens is 1. The first-order valence-electron chi connectivity index (χ1n) is 7.19. The number of amides is 1. The van der Waals surface area contributed by atoms with E-state index in [2.05, 4.69) is 4.98 Å². The molecule has 1 aliphatic carbocycles. The van der Waals surface area contributed by atoms with Crippen molar-refractivity contribution >= 4 is 5.91 Å². The van der Waals surface area contributed by atoms with E-state index >= 15 is 0 Å². The minimum atomic E-state index is 0.199. The summed E-state index contributed by atoms with van der Waals surface area (Å²) in [5.41, 5.74) is 1.05. The molecule has 1 saturated carbocycles. The number of carbonyl (C=O) groups excluding carboxylic acids is 1. The molecule has 0 bridgehead atoms. The van der Waals surface area contributed by atoms with Gasteiger partial charge in [0.2, 0.25) is 5.91 Å². The van der Waals surface area contributed by atoms with E-state index in [4.69, 9.17) is 5.11 Å². The van der Waals surface area contributed by atoms with Crippen LogP contribution < -0.4 is 0 Å². The number of nitrogens with one attached hydrogen (secondary N) is 1. The van der Waals surface area contributed by atoms with E-state index < -0.39 is 0 Å². The molecule has 2 rings (SSSR count). The Hall–Kier alpha value is -1.29. The number of aromatic amines is 1. The van der Waals surface area contributed by atoms with Gasteiger partial charge in [0.15, 0.2) is 0 Å². The van der Waals surface area contributed by atoms with Crippen LogP contribution in [0, 0.1) is 5.92 Å². The summed E-state index contributed by atoms with van der Waals surface area (Å²) in [5, 5.41) is 8.96. The van der Waals surface area contributed by atoms with E-state index in [0.717, 1.165) is 37.7 Å². The van der Waals surface area contributed by atoms with Crippen LogP contribution in [0.3, 0.4) is 0 Å². The summed E-state index contributed by atoms with van der Waals surface area (Å²) in [7, 11) is 1.92. The van der Waals surface area contributed by atoms with Crippen molar-refractivity contribution in [1.29, 1.82) is 0 Å². The van der Waals surface area contributed by atoms with E-state index in [0.29, 0.717) is 18.4 Å². The monoisotopic (exact) mass is 264 g/mol. The van der Waals surface area contributed by atoms with Crippen LogP contribution in [0.5, 0.6) is 0 Å². The molecule has 2 N–H and O–H groups in total. The molecule has 0 atom stereocenters. The van der Waals surface area contributed by atoms with Crippen LogP contribution in [-0.4, -0.2) is 40.6 Å². The van der Waals surface area contributed by atoms with Gasteiger partial charge in [-0.25, -0.2) is 0 Å². The summed E-state index contributed by atoms with van der Waals surface area (Å²) in [6, 6.07) is 2.32. The van der Waals surface area contributed by atoms with Crippen molar-refractivity contribution in [2.75, 3.05) is 13.7 Å². The Kier molecular flexibility index (Phi) is 5.02. The van der Waals surface area contributed by atoms with Crippen LogP contribution in [0.2, 0.25) is 0 Å². The second kappa shape index (κ2) is 6.75. The van der Waals surface area contributed by atoms with Gasteiger partial charge in [0.1, 0.15) is 0 Å². The third-order valence-electron chi connectivity index (χ3n) is 4.31. The van der Waals surface area contributed by atoms with Crippen molar-refractivity contribution in [1.82, 2.24) is 9.88 Å². The minimum absolute atomic E-state index is 0.199. The van der Waals surface area contributed by atoms with Crippen LogP contribution in [0.1, 0.15) is 37.7 Å². The Morgan fingerprint density at radius 1 is 1.42 bits per heavy atom. The van der Waals surface area contributed by atoms with Crippen molar-refractivity contribution in [2.24, 2.45) is 5.92 Å². The lowest BCUT2D eigenvalue weighted by Crippen LogP contribution is -2.40. The van der Waals surface area contributed by atoms with Gasteiger partial charge in [0.05, 0.1) is 6.42 Å². The summed E-state index contributed by atoms with van der Waals surface area (Å²) >= 11 is 0. The van der Waals surface area contributed by atoms with E-state index in [1.54, 1.807) is 0 Å². The standard InChI is InChI=1S/C15H24N2O2/c1-17(15(19)10-13-6-8-16-11-13)14-4-2-12(3-5-14)7-9-18/h6,8,11-12,14,16,18H,2-5,7,9-10H2,1H3. The zero-order valence-electron chi connectivity index (χ0n) is 11.6. The molecule has 0 aliphatic heterocycles. The number of aliphatic hydroxyl groups excluding tert-OH is 1. The Bertz CT molecular complexity index is 381. The number of carbonyl (C=O) groups is 1. The first-order chi connectivity index (χ1) is 9.20. The third kappa shape index (κ3) is 3.83. The van der Waals surface area contributed by atoms with Gasteiger partial charge in [-0.05, 0) is 49.7 Å². The molecule has 106 valence electrons. The molecular formula is C15H24N2O2. The largest absolute Gasteiger partial charge is 0.396 e. The van der Waals surface area contributed by atoms with Crippen molar-refractivity contribution < 1.29 is 9.90 Å². The zero-order chi connectivity index (χ0) is 13.7. The van der Waals surface area contributed by atoms with Gasteiger partial charge in [0.25, 0.3) is 0 Å². The predicted molar refractivity (Wildman–Crippen MR) is 74.7 cm³/mol. The van der Waals surface area contributed by atoms with Gasteiger partial charge >= 0.3 is 0 Å². The summed E-state index contributed by atoms with van der Waals surface area (Å²) in [4.78, 5) is 17.1. The lowest BCUT2D eigenvalue weighted by atomic mass is 9.83. The molecule has 1 aliphatic rings. The highest BCUT2D eigenvalue weighted by molar-refractivity contribution is 5.78. The van der Waals surface area contributed by atoms with E-state index in [1.165, 1.54) is 0 Å². The van der Waals surface area contributed by atoms with Gasteiger partial charge < -0.3 is 15.0 Å². The number of nitrogens with zero attached hydrogens (tertiary/aromatic N) is 1. The molecule has 4 nitrogen and oxygen atoms in total. The zero-order valence-corrected chi connectivity index (χ0v) is 11.6. The lowest BCUT2D eigenvalue weighted by Gasteiger charge is -2.34. The molecule has 1 fully saturated rings. The molecule has 0 radical (unpaired) electrons. The fourth-order valence-electron chi connectivity index (χ4n) is 2.97.